The fraction of sp³-hybridized carbons (Fsp3) is 0.381. The second kappa shape index (κ2) is 8.79. The van der Waals surface area contributed by atoms with Gasteiger partial charge in [0.25, 0.3) is 0 Å². The number of nitrogens with one attached hydrogen (secondary N) is 1. The van der Waals surface area contributed by atoms with Crippen molar-refractivity contribution >= 4 is 5.91 Å². The number of amides is 1. The minimum atomic E-state index is -0.785. The van der Waals surface area contributed by atoms with Crippen molar-refractivity contribution in [1.29, 1.82) is 0 Å². The Hall–Kier alpha value is -2.17. The third kappa shape index (κ3) is 7.08. The Morgan fingerprint density at radius 1 is 1.08 bits per heavy atom. The molecule has 2 aromatic carbocycles. The van der Waals surface area contributed by atoms with Gasteiger partial charge in [0, 0.05) is 6.54 Å². The largest absolute Gasteiger partial charge is 0.388 e. The predicted molar refractivity (Wildman–Crippen MR) is 98.8 cm³/mol. The lowest BCUT2D eigenvalue weighted by molar-refractivity contribution is -0.123. The standard InChI is InChI=1S/C21H27NO3/c1-21(2,3)25-15-17-9-7-8-16(12-17)14-22-20(24)13-19(23)18-10-5-4-6-11-18/h4-12,19,23H,13-15H2,1-3H3,(H,22,24). The molecule has 1 atom stereocenters. The molecule has 1 unspecified atom stereocenters. The fourth-order valence-electron chi connectivity index (χ4n) is 2.37. The molecule has 0 aliphatic rings. The number of carbonyl (C=O) groups excluding carboxylic acids is 1. The Labute approximate surface area is 149 Å². The topological polar surface area (TPSA) is 58.6 Å². The lowest BCUT2D eigenvalue weighted by Crippen LogP contribution is -2.24. The van der Waals surface area contributed by atoms with E-state index >= 15 is 0 Å². The number of aliphatic hydroxyl groups is 1. The molecule has 2 N–H and O–H groups in total. The molecule has 2 rings (SSSR count). The van der Waals surface area contributed by atoms with Crippen molar-refractivity contribution in [2.45, 2.75) is 52.0 Å². The number of aliphatic hydroxyl groups excluding tert-OH is 1. The summed E-state index contributed by atoms with van der Waals surface area (Å²) in [6, 6.07) is 17.2. The molecule has 0 radical (unpaired) electrons. The molecule has 0 spiro atoms. The Bertz CT molecular complexity index is 677. The van der Waals surface area contributed by atoms with Gasteiger partial charge in [-0.2, -0.15) is 0 Å². The van der Waals surface area contributed by atoms with E-state index in [4.69, 9.17) is 4.74 Å². The summed E-state index contributed by atoms with van der Waals surface area (Å²) in [4.78, 5) is 12.0. The van der Waals surface area contributed by atoms with E-state index in [0.717, 1.165) is 16.7 Å². The van der Waals surface area contributed by atoms with E-state index in [1.807, 2.05) is 75.4 Å². The second-order valence-electron chi connectivity index (χ2n) is 7.13. The van der Waals surface area contributed by atoms with Crippen LogP contribution in [0.25, 0.3) is 0 Å². The number of hydrogen-bond acceptors (Lipinski definition) is 3. The van der Waals surface area contributed by atoms with E-state index in [0.29, 0.717) is 13.2 Å². The smallest absolute Gasteiger partial charge is 0.223 e. The van der Waals surface area contributed by atoms with Gasteiger partial charge < -0.3 is 15.2 Å². The highest BCUT2D eigenvalue weighted by Gasteiger charge is 2.13. The van der Waals surface area contributed by atoms with Gasteiger partial charge in [-0.15, -0.1) is 0 Å². The minimum absolute atomic E-state index is 0.0524. The van der Waals surface area contributed by atoms with Gasteiger partial charge >= 0.3 is 0 Å². The number of carbonyl (C=O) groups is 1. The van der Waals surface area contributed by atoms with Crippen molar-refractivity contribution in [2.24, 2.45) is 0 Å². The van der Waals surface area contributed by atoms with E-state index in [1.54, 1.807) is 0 Å². The van der Waals surface area contributed by atoms with Crippen LogP contribution in [0.3, 0.4) is 0 Å². The zero-order valence-corrected chi connectivity index (χ0v) is 15.2. The van der Waals surface area contributed by atoms with Gasteiger partial charge in [0.1, 0.15) is 0 Å². The van der Waals surface area contributed by atoms with Gasteiger partial charge in [-0.05, 0) is 37.5 Å². The van der Waals surface area contributed by atoms with E-state index in [2.05, 4.69) is 5.32 Å². The summed E-state index contributed by atoms with van der Waals surface area (Å²) in [7, 11) is 0. The van der Waals surface area contributed by atoms with Gasteiger partial charge in [-0.1, -0.05) is 54.6 Å². The van der Waals surface area contributed by atoms with Crippen LogP contribution in [-0.2, 0) is 22.7 Å². The number of ether oxygens (including phenoxy) is 1. The molecule has 0 saturated carbocycles. The zero-order valence-electron chi connectivity index (χ0n) is 15.2. The van der Waals surface area contributed by atoms with Crippen molar-refractivity contribution in [3.05, 3.63) is 71.3 Å². The summed E-state index contributed by atoms with van der Waals surface area (Å²) in [6.07, 6.45) is -0.732. The highest BCUT2D eigenvalue weighted by atomic mass is 16.5. The van der Waals surface area contributed by atoms with Crippen LogP contribution >= 0.6 is 0 Å². The number of rotatable bonds is 7. The monoisotopic (exact) mass is 341 g/mol. The van der Waals surface area contributed by atoms with Crippen molar-refractivity contribution in [3.63, 3.8) is 0 Å². The first-order valence-corrected chi connectivity index (χ1v) is 8.55. The third-order valence-corrected chi connectivity index (χ3v) is 3.72. The van der Waals surface area contributed by atoms with Crippen molar-refractivity contribution in [1.82, 2.24) is 5.32 Å². The maximum Gasteiger partial charge on any atom is 0.223 e. The predicted octanol–water partition coefficient (Wildman–Crippen LogP) is 3.74. The molecule has 0 aliphatic heterocycles. The Morgan fingerprint density at radius 3 is 2.44 bits per heavy atom. The average Bonchev–Trinajstić information content (AvgIpc) is 2.59. The highest BCUT2D eigenvalue weighted by Crippen LogP contribution is 2.16. The molecule has 0 aliphatic carbocycles. The quantitative estimate of drug-likeness (QED) is 0.806. The summed E-state index contributed by atoms with van der Waals surface area (Å²) in [5.74, 6) is -0.173. The van der Waals surface area contributed by atoms with Crippen molar-refractivity contribution in [3.8, 4) is 0 Å². The Balaban J connectivity index is 1.83. The first kappa shape index (κ1) is 19.2. The molecule has 4 nitrogen and oxygen atoms in total. The zero-order chi connectivity index (χ0) is 18.3. The molecular formula is C21H27NO3. The summed E-state index contributed by atoms with van der Waals surface area (Å²) >= 11 is 0. The van der Waals surface area contributed by atoms with E-state index < -0.39 is 6.10 Å². The SMILES string of the molecule is CC(C)(C)OCc1cccc(CNC(=O)CC(O)c2ccccc2)c1. The maximum atomic E-state index is 12.0. The van der Waals surface area contributed by atoms with E-state index in [-0.39, 0.29) is 17.9 Å². The van der Waals surface area contributed by atoms with Gasteiger partial charge in [0.15, 0.2) is 0 Å². The summed E-state index contributed by atoms with van der Waals surface area (Å²) in [6.45, 7) is 7.04. The van der Waals surface area contributed by atoms with Crippen LogP contribution in [0.4, 0.5) is 0 Å². The van der Waals surface area contributed by atoms with Gasteiger partial charge in [-0.3, -0.25) is 4.79 Å². The van der Waals surface area contributed by atoms with Crippen LogP contribution in [-0.4, -0.2) is 16.6 Å². The molecule has 0 aromatic heterocycles. The number of hydrogen-bond donors (Lipinski definition) is 2. The minimum Gasteiger partial charge on any atom is -0.388 e. The Kier molecular flexibility index (Phi) is 6.73. The summed E-state index contributed by atoms with van der Waals surface area (Å²) in [5, 5.41) is 13.0. The van der Waals surface area contributed by atoms with Crippen LogP contribution < -0.4 is 5.32 Å². The molecule has 2 aromatic rings. The molecule has 1 amide bonds. The molecule has 0 fully saturated rings. The third-order valence-electron chi connectivity index (χ3n) is 3.72. The van der Waals surface area contributed by atoms with Crippen molar-refractivity contribution in [2.75, 3.05) is 0 Å². The van der Waals surface area contributed by atoms with E-state index in [9.17, 15) is 9.90 Å². The molecule has 134 valence electrons. The first-order chi connectivity index (χ1) is 11.8. The van der Waals surface area contributed by atoms with Crippen LogP contribution in [0.15, 0.2) is 54.6 Å². The lowest BCUT2D eigenvalue weighted by Gasteiger charge is -2.19. The molecule has 0 saturated heterocycles. The molecule has 4 heteroatoms. The molecule has 25 heavy (non-hydrogen) atoms. The highest BCUT2D eigenvalue weighted by molar-refractivity contribution is 5.76. The lowest BCUT2D eigenvalue weighted by atomic mass is 10.1. The van der Waals surface area contributed by atoms with Crippen LogP contribution in [0.5, 0.6) is 0 Å². The van der Waals surface area contributed by atoms with Crippen molar-refractivity contribution < 1.29 is 14.6 Å². The van der Waals surface area contributed by atoms with Gasteiger partial charge in [0.2, 0.25) is 5.91 Å². The molecule has 0 bridgehead atoms. The normalized spacial score (nSPS) is 12.6. The van der Waals surface area contributed by atoms with Gasteiger partial charge in [-0.25, -0.2) is 0 Å². The average molecular weight is 341 g/mol. The Morgan fingerprint density at radius 2 is 1.76 bits per heavy atom. The second-order valence-corrected chi connectivity index (χ2v) is 7.13. The van der Waals surface area contributed by atoms with Crippen LogP contribution in [0.2, 0.25) is 0 Å². The first-order valence-electron chi connectivity index (χ1n) is 8.55. The summed E-state index contributed by atoms with van der Waals surface area (Å²) < 4.78 is 5.78. The fourth-order valence-corrected chi connectivity index (χ4v) is 2.37. The van der Waals surface area contributed by atoms with Crippen LogP contribution in [0.1, 0.15) is 50.0 Å². The molecular weight excluding hydrogens is 314 g/mol. The molecule has 0 heterocycles. The van der Waals surface area contributed by atoms with E-state index in [1.165, 1.54) is 0 Å². The summed E-state index contributed by atoms with van der Waals surface area (Å²) in [5.41, 5.74) is 2.65. The maximum absolute atomic E-state index is 12.0. The number of benzene rings is 2. The van der Waals surface area contributed by atoms with Gasteiger partial charge in [0.05, 0.1) is 24.7 Å². The van der Waals surface area contributed by atoms with Crippen LogP contribution in [0, 0.1) is 0 Å².